The molecule has 0 unspecified atom stereocenters. The second-order valence-corrected chi connectivity index (χ2v) is 5.62. The molecule has 1 aliphatic heterocycles. The summed E-state index contributed by atoms with van der Waals surface area (Å²) >= 11 is 0. The van der Waals surface area contributed by atoms with E-state index in [-0.39, 0.29) is 23.8 Å². The highest BCUT2D eigenvalue weighted by Crippen LogP contribution is 2.34. The van der Waals surface area contributed by atoms with Crippen molar-refractivity contribution in [3.05, 3.63) is 0 Å². The second-order valence-electron chi connectivity index (χ2n) is 5.62. The Labute approximate surface area is 115 Å². The van der Waals surface area contributed by atoms with Gasteiger partial charge in [-0.05, 0) is 46.0 Å². The number of rotatable bonds is 4. The van der Waals surface area contributed by atoms with Gasteiger partial charge in [-0.1, -0.05) is 19.0 Å². The van der Waals surface area contributed by atoms with Crippen LogP contribution in [0.1, 0.15) is 59.8 Å². The molecule has 0 spiro atoms. The largest absolute Gasteiger partial charge is 0.409 e. The zero-order chi connectivity index (χ0) is 14.6. The minimum atomic E-state index is -0.866. The van der Waals surface area contributed by atoms with Crippen molar-refractivity contribution in [3.8, 4) is 0 Å². The molecule has 1 rings (SSSR count). The topological polar surface area (TPSA) is 78.9 Å². The van der Waals surface area contributed by atoms with Crippen molar-refractivity contribution in [2.75, 3.05) is 0 Å². The molecule has 5 nitrogen and oxygen atoms in total. The summed E-state index contributed by atoms with van der Waals surface area (Å²) in [6.45, 7) is 7.99. The van der Waals surface area contributed by atoms with Crippen molar-refractivity contribution in [1.82, 2.24) is 4.90 Å². The molecule has 0 aromatic heterocycles. The maximum Gasteiger partial charge on any atom is 0.236 e. The monoisotopic (exact) mass is 269 g/mol. The normalized spacial score (nSPS) is 25.5. The molecule has 19 heavy (non-hydrogen) atoms. The molecule has 2 atom stereocenters. The van der Waals surface area contributed by atoms with Gasteiger partial charge in [-0.25, -0.2) is 0 Å². The third-order valence-corrected chi connectivity index (χ3v) is 4.64. The Hall–Kier alpha value is -1.26. The van der Waals surface area contributed by atoms with Crippen molar-refractivity contribution in [3.63, 3.8) is 0 Å². The quantitative estimate of drug-likeness (QED) is 0.356. The van der Waals surface area contributed by atoms with Crippen LogP contribution in [0, 0.1) is 5.41 Å². The molecule has 1 amide bonds. The van der Waals surface area contributed by atoms with Gasteiger partial charge < -0.3 is 15.8 Å². The first-order valence-corrected chi connectivity index (χ1v) is 7.25. The van der Waals surface area contributed by atoms with E-state index in [1.807, 2.05) is 18.7 Å². The Kier molecular flexibility index (Phi) is 5.20. The predicted octanol–water partition coefficient (Wildman–Crippen LogP) is 2.33. The predicted molar refractivity (Wildman–Crippen MR) is 76.0 cm³/mol. The van der Waals surface area contributed by atoms with Crippen molar-refractivity contribution in [1.29, 1.82) is 0 Å². The van der Waals surface area contributed by atoms with Crippen LogP contribution in [0.5, 0.6) is 0 Å². The zero-order valence-electron chi connectivity index (χ0n) is 12.5. The Morgan fingerprint density at radius 1 is 1.32 bits per heavy atom. The summed E-state index contributed by atoms with van der Waals surface area (Å²) in [6.07, 6.45) is 4.30. The first-order valence-electron chi connectivity index (χ1n) is 7.25. The number of nitrogens with two attached hydrogens (primary N) is 1. The number of hydrogen-bond donors (Lipinski definition) is 2. The molecule has 0 aromatic carbocycles. The Balaban J connectivity index is 3.12. The van der Waals surface area contributed by atoms with Crippen LogP contribution >= 0.6 is 0 Å². The van der Waals surface area contributed by atoms with Gasteiger partial charge in [-0.2, -0.15) is 0 Å². The average Bonchev–Trinajstić information content (AvgIpc) is 2.40. The Morgan fingerprint density at radius 3 is 2.16 bits per heavy atom. The highest BCUT2D eigenvalue weighted by Gasteiger charge is 2.45. The number of carbonyl (C=O) groups excluding carboxylic acids is 1. The van der Waals surface area contributed by atoms with Crippen LogP contribution in [0.2, 0.25) is 0 Å². The number of amides is 1. The van der Waals surface area contributed by atoms with Crippen LogP contribution in [0.4, 0.5) is 0 Å². The minimum absolute atomic E-state index is 0.00694. The van der Waals surface area contributed by atoms with Gasteiger partial charge in [0.1, 0.15) is 5.41 Å². The lowest BCUT2D eigenvalue weighted by Gasteiger charge is -2.44. The maximum atomic E-state index is 13.0. The van der Waals surface area contributed by atoms with Crippen molar-refractivity contribution in [2.45, 2.75) is 71.9 Å². The van der Waals surface area contributed by atoms with Gasteiger partial charge in [0.15, 0.2) is 5.84 Å². The fourth-order valence-corrected chi connectivity index (χ4v) is 3.19. The number of amidine groups is 1. The summed E-state index contributed by atoms with van der Waals surface area (Å²) in [5.41, 5.74) is 4.96. The van der Waals surface area contributed by atoms with E-state index in [0.717, 1.165) is 19.3 Å². The summed E-state index contributed by atoms with van der Waals surface area (Å²) < 4.78 is 0. The van der Waals surface area contributed by atoms with Crippen LogP contribution in [0.25, 0.3) is 0 Å². The first kappa shape index (κ1) is 15.8. The van der Waals surface area contributed by atoms with Crippen LogP contribution < -0.4 is 5.73 Å². The van der Waals surface area contributed by atoms with Gasteiger partial charge in [0.25, 0.3) is 0 Å². The molecule has 1 heterocycles. The van der Waals surface area contributed by atoms with E-state index in [1.54, 1.807) is 0 Å². The van der Waals surface area contributed by atoms with E-state index in [2.05, 4.69) is 19.0 Å². The van der Waals surface area contributed by atoms with Gasteiger partial charge in [-0.15, -0.1) is 0 Å². The molecule has 1 saturated heterocycles. The summed E-state index contributed by atoms with van der Waals surface area (Å²) in [6, 6.07) is 0.445. The van der Waals surface area contributed by atoms with E-state index in [0.29, 0.717) is 12.8 Å². The van der Waals surface area contributed by atoms with Crippen LogP contribution in [0.3, 0.4) is 0 Å². The number of piperidine rings is 1. The third kappa shape index (κ3) is 2.69. The standard InChI is InChI=1S/C14H27N3O2/c1-5-14(6-2,12(15)16-19)13(18)17-10(3)8-7-9-11(17)4/h10-11,19H,5-9H2,1-4H3,(H2,15,16)/t10-,11+. The maximum absolute atomic E-state index is 13.0. The van der Waals surface area contributed by atoms with Crippen molar-refractivity contribution in [2.24, 2.45) is 16.3 Å². The minimum Gasteiger partial charge on any atom is -0.409 e. The number of likely N-dealkylation sites (tertiary alicyclic amines) is 1. The van der Waals surface area contributed by atoms with Crippen molar-refractivity contribution >= 4 is 11.7 Å². The zero-order valence-corrected chi connectivity index (χ0v) is 12.5. The van der Waals surface area contributed by atoms with Crippen LogP contribution in [-0.4, -0.2) is 33.9 Å². The molecule has 0 saturated carbocycles. The van der Waals surface area contributed by atoms with E-state index in [1.165, 1.54) is 0 Å². The van der Waals surface area contributed by atoms with Gasteiger partial charge in [0.05, 0.1) is 0 Å². The van der Waals surface area contributed by atoms with E-state index in [4.69, 9.17) is 10.9 Å². The third-order valence-electron chi connectivity index (χ3n) is 4.64. The summed E-state index contributed by atoms with van der Waals surface area (Å²) in [5.74, 6) is 0.0416. The average molecular weight is 269 g/mol. The van der Waals surface area contributed by atoms with Gasteiger partial charge in [0, 0.05) is 12.1 Å². The van der Waals surface area contributed by atoms with E-state index < -0.39 is 5.41 Å². The molecule has 0 aromatic rings. The molecule has 0 aliphatic carbocycles. The SMILES string of the molecule is CCC(CC)(C(=O)N1[C@H](C)CCC[C@@H]1C)C(N)=NO. The first-order chi connectivity index (χ1) is 8.94. The number of carbonyl (C=O) groups is 1. The molecule has 110 valence electrons. The van der Waals surface area contributed by atoms with Crippen molar-refractivity contribution < 1.29 is 10.0 Å². The molecular weight excluding hydrogens is 242 g/mol. The summed E-state index contributed by atoms with van der Waals surface area (Å²) in [4.78, 5) is 14.9. The molecule has 0 bridgehead atoms. The lowest BCUT2D eigenvalue weighted by Crippen LogP contribution is -2.57. The van der Waals surface area contributed by atoms with Crippen LogP contribution in [-0.2, 0) is 4.79 Å². The Bertz CT molecular complexity index is 341. The highest BCUT2D eigenvalue weighted by molar-refractivity contribution is 6.06. The number of hydrogen-bond acceptors (Lipinski definition) is 3. The second kappa shape index (κ2) is 6.26. The number of oxime groups is 1. The lowest BCUT2D eigenvalue weighted by atomic mass is 9.78. The van der Waals surface area contributed by atoms with E-state index in [9.17, 15) is 4.79 Å². The smallest absolute Gasteiger partial charge is 0.236 e. The summed E-state index contributed by atoms with van der Waals surface area (Å²) in [5, 5.41) is 12.1. The molecule has 1 aliphatic rings. The lowest BCUT2D eigenvalue weighted by molar-refractivity contribution is -0.145. The fourth-order valence-electron chi connectivity index (χ4n) is 3.19. The molecule has 3 N–H and O–H groups in total. The van der Waals surface area contributed by atoms with Gasteiger partial charge in [-0.3, -0.25) is 4.79 Å². The van der Waals surface area contributed by atoms with Gasteiger partial charge >= 0.3 is 0 Å². The van der Waals surface area contributed by atoms with E-state index >= 15 is 0 Å². The van der Waals surface area contributed by atoms with Gasteiger partial charge in [0.2, 0.25) is 5.91 Å². The molecule has 5 heteroatoms. The molecule has 1 fully saturated rings. The Morgan fingerprint density at radius 2 is 1.79 bits per heavy atom. The molecular formula is C14H27N3O2. The highest BCUT2D eigenvalue weighted by atomic mass is 16.4. The van der Waals surface area contributed by atoms with Crippen LogP contribution in [0.15, 0.2) is 5.16 Å². The summed E-state index contributed by atoms with van der Waals surface area (Å²) in [7, 11) is 0. The number of nitrogens with zero attached hydrogens (tertiary/aromatic N) is 2. The fraction of sp³-hybridized carbons (Fsp3) is 0.857. The molecule has 0 radical (unpaired) electrons.